The lowest BCUT2D eigenvalue weighted by molar-refractivity contribution is 0.0720. The quantitative estimate of drug-likeness (QED) is 0.676. The summed E-state index contributed by atoms with van der Waals surface area (Å²) in [5.41, 5.74) is -0.270. The number of morpholine rings is 1. The molecular formula is C11H24ClN3O4S. The Morgan fingerprint density at radius 3 is 2.65 bits per heavy atom. The smallest absolute Gasteiger partial charge is 0.279 e. The highest BCUT2D eigenvalue weighted by molar-refractivity contribution is 7.87. The van der Waals surface area contributed by atoms with Gasteiger partial charge in [-0.05, 0) is 19.4 Å². The Balaban J connectivity index is 0.00000200. The summed E-state index contributed by atoms with van der Waals surface area (Å²) >= 11 is 0. The van der Waals surface area contributed by atoms with E-state index in [-0.39, 0.29) is 17.9 Å². The lowest BCUT2D eigenvalue weighted by Gasteiger charge is -2.31. The zero-order valence-corrected chi connectivity index (χ0v) is 13.4. The van der Waals surface area contributed by atoms with Crippen LogP contribution in [0.4, 0.5) is 0 Å². The van der Waals surface area contributed by atoms with Crippen molar-refractivity contribution in [1.29, 1.82) is 0 Å². The predicted octanol–water partition coefficient (Wildman–Crippen LogP) is -0.657. The summed E-state index contributed by atoms with van der Waals surface area (Å²) in [6, 6.07) is 0. The Morgan fingerprint density at radius 1 is 1.40 bits per heavy atom. The van der Waals surface area contributed by atoms with Crippen LogP contribution in [0.2, 0.25) is 0 Å². The van der Waals surface area contributed by atoms with Crippen molar-refractivity contribution >= 4 is 22.6 Å². The van der Waals surface area contributed by atoms with Crippen molar-refractivity contribution in [2.75, 3.05) is 53.1 Å². The van der Waals surface area contributed by atoms with Crippen LogP contribution in [0.1, 0.15) is 12.8 Å². The van der Waals surface area contributed by atoms with Crippen molar-refractivity contribution < 1.29 is 17.9 Å². The molecule has 0 bridgehead atoms. The summed E-state index contributed by atoms with van der Waals surface area (Å²) in [4.78, 5) is 0. The number of ether oxygens (including phenoxy) is 2. The Hall–Kier alpha value is 0.0400. The molecule has 120 valence electrons. The summed E-state index contributed by atoms with van der Waals surface area (Å²) in [5.74, 6) is 0. The first-order valence-corrected chi connectivity index (χ1v) is 8.08. The first-order chi connectivity index (χ1) is 9.08. The van der Waals surface area contributed by atoms with Gasteiger partial charge >= 0.3 is 0 Å². The first-order valence-electron chi connectivity index (χ1n) is 6.64. The van der Waals surface area contributed by atoms with E-state index in [4.69, 9.17) is 9.47 Å². The van der Waals surface area contributed by atoms with Crippen LogP contribution in [0.15, 0.2) is 0 Å². The number of hydrogen-bond acceptors (Lipinski definition) is 5. The molecule has 1 atom stereocenters. The Kier molecular flexibility index (Phi) is 7.13. The number of hydrogen-bond donors (Lipinski definition) is 2. The molecule has 0 aromatic carbocycles. The molecule has 2 aliphatic heterocycles. The number of nitrogens with zero attached hydrogens (tertiary/aromatic N) is 1. The fraction of sp³-hybridized carbons (Fsp3) is 1.00. The molecule has 0 aromatic rings. The zero-order valence-electron chi connectivity index (χ0n) is 11.8. The molecular weight excluding hydrogens is 306 g/mol. The summed E-state index contributed by atoms with van der Waals surface area (Å²) < 4.78 is 38.9. The van der Waals surface area contributed by atoms with Crippen molar-refractivity contribution in [3.05, 3.63) is 0 Å². The maximum atomic E-state index is 12.2. The van der Waals surface area contributed by atoms with Crippen LogP contribution in [0, 0.1) is 0 Å². The maximum absolute atomic E-state index is 12.2. The average Bonchev–Trinajstić information content (AvgIpc) is 2.87. The van der Waals surface area contributed by atoms with Gasteiger partial charge in [0.25, 0.3) is 10.2 Å². The van der Waals surface area contributed by atoms with Gasteiger partial charge < -0.3 is 14.8 Å². The predicted molar refractivity (Wildman–Crippen MR) is 78.4 cm³/mol. The summed E-state index contributed by atoms with van der Waals surface area (Å²) in [5, 5.41) is 3.35. The minimum atomic E-state index is -3.42. The Morgan fingerprint density at radius 2 is 2.10 bits per heavy atom. The van der Waals surface area contributed by atoms with Gasteiger partial charge in [0.1, 0.15) is 0 Å². The van der Waals surface area contributed by atoms with E-state index in [1.807, 2.05) is 0 Å². The van der Waals surface area contributed by atoms with Gasteiger partial charge in [-0.2, -0.15) is 12.7 Å². The van der Waals surface area contributed by atoms with E-state index in [2.05, 4.69) is 10.0 Å². The number of methoxy groups -OCH3 is 1. The van der Waals surface area contributed by atoms with Gasteiger partial charge in [-0.15, -0.1) is 12.4 Å². The normalized spacial score (nSPS) is 28.2. The topological polar surface area (TPSA) is 79.9 Å². The van der Waals surface area contributed by atoms with Crippen molar-refractivity contribution in [3.63, 3.8) is 0 Å². The van der Waals surface area contributed by atoms with E-state index in [1.54, 1.807) is 7.11 Å². The number of rotatable bonds is 6. The molecule has 2 N–H and O–H groups in total. The summed E-state index contributed by atoms with van der Waals surface area (Å²) in [7, 11) is -1.78. The van der Waals surface area contributed by atoms with E-state index in [1.165, 1.54) is 4.31 Å². The van der Waals surface area contributed by atoms with Gasteiger partial charge in [-0.1, -0.05) is 0 Å². The third kappa shape index (κ3) is 4.52. The first kappa shape index (κ1) is 18.1. The number of nitrogens with one attached hydrogen (secondary N) is 2. The molecule has 2 rings (SSSR count). The standard InChI is InChI=1S/C11H23N3O4S.ClH/c1-17-10-11(3-2-4-12-11)9-13-19(15,16)14-5-7-18-8-6-14;/h12-13H,2-10H2,1H3;1H. The molecule has 2 saturated heterocycles. The van der Waals surface area contributed by atoms with Gasteiger partial charge in [-0.25, -0.2) is 4.72 Å². The van der Waals surface area contributed by atoms with E-state index >= 15 is 0 Å². The van der Waals surface area contributed by atoms with Crippen molar-refractivity contribution in [2.24, 2.45) is 0 Å². The van der Waals surface area contributed by atoms with Gasteiger partial charge in [0, 0.05) is 26.7 Å². The fourth-order valence-corrected chi connectivity index (χ4v) is 3.85. The third-order valence-electron chi connectivity index (χ3n) is 3.66. The Bertz CT molecular complexity index is 381. The molecule has 2 heterocycles. The van der Waals surface area contributed by atoms with Crippen molar-refractivity contribution in [3.8, 4) is 0 Å². The number of halogens is 1. The second-order valence-corrected chi connectivity index (χ2v) is 6.84. The molecule has 0 aromatic heterocycles. The highest BCUT2D eigenvalue weighted by atomic mass is 35.5. The summed E-state index contributed by atoms with van der Waals surface area (Å²) in [6.45, 7) is 3.53. The zero-order chi connectivity index (χ0) is 13.8. The molecule has 0 spiro atoms. The lowest BCUT2D eigenvalue weighted by Crippen LogP contribution is -2.56. The second kappa shape index (κ2) is 7.88. The molecule has 2 aliphatic rings. The van der Waals surface area contributed by atoms with Crippen molar-refractivity contribution in [1.82, 2.24) is 14.3 Å². The molecule has 20 heavy (non-hydrogen) atoms. The third-order valence-corrected chi connectivity index (χ3v) is 5.21. The molecule has 2 fully saturated rings. The van der Waals surface area contributed by atoms with Crippen LogP contribution >= 0.6 is 12.4 Å². The van der Waals surface area contributed by atoms with Crippen LogP contribution in [-0.4, -0.2) is 71.4 Å². The molecule has 1 unspecified atom stereocenters. The molecule has 9 heteroatoms. The van der Waals surface area contributed by atoms with Gasteiger partial charge in [0.05, 0.1) is 25.4 Å². The second-order valence-electron chi connectivity index (χ2n) is 5.08. The van der Waals surface area contributed by atoms with E-state index in [0.29, 0.717) is 39.5 Å². The average molecular weight is 330 g/mol. The van der Waals surface area contributed by atoms with Crippen molar-refractivity contribution in [2.45, 2.75) is 18.4 Å². The SMILES string of the molecule is COCC1(CNS(=O)(=O)N2CCOCC2)CCCN1.Cl. The lowest BCUT2D eigenvalue weighted by atomic mass is 9.99. The van der Waals surface area contributed by atoms with E-state index < -0.39 is 10.2 Å². The van der Waals surface area contributed by atoms with Gasteiger partial charge in [-0.3, -0.25) is 0 Å². The fourth-order valence-electron chi connectivity index (χ4n) is 2.58. The van der Waals surface area contributed by atoms with Crippen LogP contribution < -0.4 is 10.0 Å². The van der Waals surface area contributed by atoms with Crippen LogP contribution in [0.25, 0.3) is 0 Å². The molecule has 7 nitrogen and oxygen atoms in total. The summed E-state index contributed by atoms with van der Waals surface area (Å²) in [6.07, 6.45) is 1.97. The molecule has 0 aliphatic carbocycles. The highest BCUT2D eigenvalue weighted by Gasteiger charge is 2.35. The van der Waals surface area contributed by atoms with E-state index in [0.717, 1.165) is 19.4 Å². The van der Waals surface area contributed by atoms with Crippen LogP contribution in [0.5, 0.6) is 0 Å². The van der Waals surface area contributed by atoms with Crippen LogP contribution in [-0.2, 0) is 19.7 Å². The molecule has 0 amide bonds. The minimum absolute atomic E-state index is 0. The highest BCUT2D eigenvalue weighted by Crippen LogP contribution is 2.19. The maximum Gasteiger partial charge on any atom is 0.279 e. The molecule has 0 saturated carbocycles. The minimum Gasteiger partial charge on any atom is -0.383 e. The monoisotopic (exact) mass is 329 g/mol. The Labute approximate surface area is 127 Å². The van der Waals surface area contributed by atoms with Crippen LogP contribution in [0.3, 0.4) is 0 Å². The van der Waals surface area contributed by atoms with E-state index in [9.17, 15) is 8.42 Å². The van der Waals surface area contributed by atoms with Gasteiger partial charge in [0.2, 0.25) is 0 Å². The van der Waals surface area contributed by atoms with Gasteiger partial charge in [0.15, 0.2) is 0 Å². The molecule has 0 radical (unpaired) electrons. The largest absolute Gasteiger partial charge is 0.383 e.